The van der Waals surface area contributed by atoms with Gasteiger partial charge in [0.25, 0.3) is 5.91 Å². The normalized spacial score (nSPS) is 17.3. The summed E-state index contributed by atoms with van der Waals surface area (Å²) in [6.45, 7) is 10.9. The highest BCUT2D eigenvalue weighted by atomic mass is 16.3. The van der Waals surface area contributed by atoms with Crippen LogP contribution in [0, 0.1) is 5.92 Å². The van der Waals surface area contributed by atoms with Gasteiger partial charge in [0.2, 0.25) is 5.91 Å². The lowest BCUT2D eigenvalue weighted by Crippen LogP contribution is -2.56. The van der Waals surface area contributed by atoms with Crippen molar-refractivity contribution in [2.75, 3.05) is 19.6 Å². The molecule has 1 atom stereocenters. The maximum absolute atomic E-state index is 12.6. The topological polar surface area (TPSA) is 74.6 Å². The van der Waals surface area contributed by atoms with Crippen LogP contribution in [0.2, 0.25) is 0 Å². The zero-order valence-corrected chi connectivity index (χ0v) is 15.8. The molecule has 0 radical (unpaired) electrons. The van der Waals surface area contributed by atoms with Gasteiger partial charge < -0.3 is 15.1 Å². The third kappa shape index (κ3) is 5.33. The second-order valence-electron chi connectivity index (χ2n) is 7.75. The molecule has 0 aromatic carbocycles. The smallest absolute Gasteiger partial charge is 0.287 e. The quantitative estimate of drug-likeness (QED) is 0.793. The van der Waals surface area contributed by atoms with Gasteiger partial charge in [-0.3, -0.25) is 14.5 Å². The first-order valence-corrected chi connectivity index (χ1v) is 9.18. The van der Waals surface area contributed by atoms with Crippen molar-refractivity contribution in [1.29, 1.82) is 0 Å². The lowest BCUT2D eigenvalue weighted by atomic mass is 9.97. The number of amides is 2. The molecule has 0 spiro atoms. The predicted molar refractivity (Wildman–Crippen MR) is 97.3 cm³/mol. The Labute approximate surface area is 150 Å². The van der Waals surface area contributed by atoms with Gasteiger partial charge in [-0.05, 0) is 57.8 Å². The number of hydrogen-bond acceptors (Lipinski definition) is 4. The van der Waals surface area contributed by atoms with E-state index in [4.69, 9.17) is 4.42 Å². The van der Waals surface area contributed by atoms with Gasteiger partial charge in [0.05, 0.1) is 6.26 Å². The molecule has 1 aromatic rings. The maximum atomic E-state index is 12.6. The van der Waals surface area contributed by atoms with E-state index in [1.165, 1.54) is 25.5 Å². The summed E-state index contributed by atoms with van der Waals surface area (Å²) in [4.78, 5) is 27.3. The minimum absolute atomic E-state index is 0.0167. The summed E-state index contributed by atoms with van der Waals surface area (Å²) >= 11 is 0. The summed E-state index contributed by atoms with van der Waals surface area (Å²) in [5, 5.41) is 5.80. The van der Waals surface area contributed by atoms with E-state index in [2.05, 4.69) is 29.4 Å². The van der Waals surface area contributed by atoms with Crippen LogP contribution in [-0.4, -0.2) is 47.9 Å². The Bertz CT molecular complexity index is 560. The average Bonchev–Trinajstić information content (AvgIpc) is 3.12. The van der Waals surface area contributed by atoms with Crippen molar-refractivity contribution >= 4 is 11.8 Å². The molecule has 0 aliphatic carbocycles. The number of nitrogens with zero attached hydrogens (tertiary/aromatic N) is 1. The van der Waals surface area contributed by atoms with E-state index in [0.29, 0.717) is 6.54 Å². The van der Waals surface area contributed by atoms with Crippen molar-refractivity contribution in [3.05, 3.63) is 24.2 Å². The number of likely N-dealkylation sites (tertiary alicyclic amines) is 1. The predicted octanol–water partition coefficient (Wildman–Crippen LogP) is 2.41. The molecule has 140 valence electrons. The third-order valence-electron chi connectivity index (χ3n) is 4.89. The Kier molecular flexibility index (Phi) is 6.64. The fraction of sp³-hybridized carbons (Fsp3) is 0.684. The van der Waals surface area contributed by atoms with Gasteiger partial charge >= 0.3 is 0 Å². The molecular weight excluding hydrogens is 318 g/mol. The second kappa shape index (κ2) is 8.52. The lowest BCUT2D eigenvalue weighted by molar-refractivity contribution is -0.124. The molecule has 6 heteroatoms. The molecule has 0 bridgehead atoms. The number of piperidine rings is 1. The number of carbonyl (C=O) groups excluding carboxylic acids is 2. The SMILES string of the molecule is CC(C)C(NC(=O)c1ccco1)C(=O)NCC(C)(C)N1CCCCC1. The van der Waals surface area contributed by atoms with E-state index < -0.39 is 6.04 Å². The molecule has 0 saturated carbocycles. The monoisotopic (exact) mass is 349 g/mol. The Morgan fingerprint density at radius 3 is 2.48 bits per heavy atom. The van der Waals surface area contributed by atoms with Gasteiger partial charge in [-0.1, -0.05) is 20.3 Å². The molecule has 1 aliphatic heterocycles. The zero-order chi connectivity index (χ0) is 18.4. The molecule has 1 aromatic heterocycles. The number of carbonyl (C=O) groups is 2. The van der Waals surface area contributed by atoms with Gasteiger partial charge in [0.1, 0.15) is 6.04 Å². The zero-order valence-electron chi connectivity index (χ0n) is 15.8. The number of hydrogen-bond donors (Lipinski definition) is 2. The third-order valence-corrected chi connectivity index (χ3v) is 4.89. The molecule has 2 amide bonds. The summed E-state index contributed by atoms with van der Waals surface area (Å²) in [6, 6.07) is 2.65. The first kappa shape index (κ1) is 19.5. The van der Waals surface area contributed by atoms with E-state index in [0.717, 1.165) is 13.1 Å². The Morgan fingerprint density at radius 1 is 1.24 bits per heavy atom. The maximum Gasteiger partial charge on any atom is 0.287 e. The van der Waals surface area contributed by atoms with Crippen LogP contribution in [0.1, 0.15) is 57.5 Å². The molecule has 6 nitrogen and oxygen atoms in total. The molecular formula is C19H31N3O3. The standard InChI is InChI=1S/C19H31N3O3/c1-14(2)16(21-17(23)15-9-8-12-25-15)18(24)20-13-19(3,4)22-10-6-5-7-11-22/h8-9,12,14,16H,5-7,10-11,13H2,1-4H3,(H,20,24)(H,21,23). The van der Waals surface area contributed by atoms with E-state index in [1.807, 2.05) is 13.8 Å². The van der Waals surface area contributed by atoms with Crippen molar-refractivity contribution in [3.63, 3.8) is 0 Å². The number of rotatable bonds is 7. The van der Waals surface area contributed by atoms with Crippen LogP contribution in [0.25, 0.3) is 0 Å². The van der Waals surface area contributed by atoms with Crippen LogP contribution in [0.5, 0.6) is 0 Å². The Balaban J connectivity index is 1.92. The summed E-state index contributed by atoms with van der Waals surface area (Å²) in [5.74, 6) is -0.321. The van der Waals surface area contributed by atoms with E-state index in [1.54, 1.807) is 12.1 Å². The summed E-state index contributed by atoms with van der Waals surface area (Å²) in [6.07, 6.45) is 5.16. The van der Waals surface area contributed by atoms with Crippen molar-refractivity contribution in [2.45, 2.75) is 58.5 Å². The van der Waals surface area contributed by atoms with Crippen molar-refractivity contribution in [3.8, 4) is 0 Å². The van der Waals surface area contributed by atoms with Crippen LogP contribution in [-0.2, 0) is 4.79 Å². The van der Waals surface area contributed by atoms with Gasteiger partial charge in [-0.15, -0.1) is 0 Å². The molecule has 1 fully saturated rings. The van der Waals surface area contributed by atoms with E-state index in [-0.39, 0.29) is 29.0 Å². The highest BCUT2D eigenvalue weighted by molar-refractivity contribution is 5.95. The highest BCUT2D eigenvalue weighted by Gasteiger charge is 2.31. The highest BCUT2D eigenvalue weighted by Crippen LogP contribution is 2.20. The van der Waals surface area contributed by atoms with E-state index in [9.17, 15) is 9.59 Å². The lowest BCUT2D eigenvalue weighted by Gasteiger charge is -2.41. The average molecular weight is 349 g/mol. The van der Waals surface area contributed by atoms with Gasteiger partial charge in [0.15, 0.2) is 5.76 Å². The van der Waals surface area contributed by atoms with E-state index >= 15 is 0 Å². The van der Waals surface area contributed by atoms with Crippen molar-refractivity contribution < 1.29 is 14.0 Å². The summed E-state index contributed by atoms with van der Waals surface area (Å²) in [5.41, 5.74) is -0.0946. The molecule has 2 heterocycles. The molecule has 2 rings (SSSR count). The van der Waals surface area contributed by atoms with Crippen LogP contribution in [0.15, 0.2) is 22.8 Å². The van der Waals surface area contributed by atoms with Crippen LogP contribution in [0.3, 0.4) is 0 Å². The van der Waals surface area contributed by atoms with Crippen LogP contribution < -0.4 is 10.6 Å². The number of furan rings is 1. The molecule has 1 saturated heterocycles. The number of nitrogens with one attached hydrogen (secondary N) is 2. The minimum Gasteiger partial charge on any atom is -0.459 e. The van der Waals surface area contributed by atoms with Crippen molar-refractivity contribution in [2.24, 2.45) is 5.92 Å². The Morgan fingerprint density at radius 2 is 1.92 bits per heavy atom. The fourth-order valence-electron chi connectivity index (χ4n) is 3.18. The van der Waals surface area contributed by atoms with Gasteiger partial charge in [-0.2, -0.15) is 0 Å². The fourth-order valence-corrected chi connectivity index (χ4v) is 3.18. The second-order valence-corrected chi connectivity index (χ2v) is 7.75. The first-order valence-electron chi connectivity index (χ1n) is 9.18. The largest absolute Gasteiger partial charge is 0.459 e. The van der Waals surface area contributed by atoms with Gasteiger partial charge in [-0.25, -0.2) is 0 Å². The van der Waals surface area contributed by atoms with Crippen LogP contribution >= 0.6 is 0 Å². The first-order chi connectivity index (χ1) is 11.8. The summed E-state index contributed by atoms with van der Waals surface area (Å²) < 4.78 is 5.10. The van der Waals surface area contributed by atoms with Gasteiger partial charge in [0, 0.05) is 12.1 Å². The van der Waals surface area contributed by atoms with Crippen LogP contribution in [0.4, 0.5) is 0 Å². The van der Waals surface area contributed by atoms with Crippen molar-refractivity contribution in [1.82, 2.24) is 15.5 Å². The molecule has 25 heavy (non-hydrogen) atoms. The molecule has 1 unspecified atom stereocenters. The summed E-state index contributed by atoms with van der Waals surface area (Å²) in [7, 11) is 0. The molecule has 2 N–H and O–H groups in total. The Hall–Kier alpha value is -1.82. The molecule has 1 aliphatic rings. The minimum atomic E-state index is -0.588.